The van der Waals surface area contributed by atoms with Crippen molar-refractivity contribution < 1.29 is 28.8 Å². The van der Waals surface area contributed by atoms with E-state index in [2.05, 4.69) is 4.98 Å². The van der Waals surface area contributed by atoms with Gasteiger partial charge in [-0.05, 0) is 29.7 Å². The monoisotopic (exact) mass is 353 g/mol. The van der Waals surface area contributed by atoms with E-state index in [4.69, 9.17) is 23.7 Å². The molecule has 1 aromatic heterocycles. The van der Waals surface area contributed by atoms with Crippen molar-refractivity contribution in [3.8, 4) is 34.5 Å². The van der Waals surface area contributed by atoms with Gasteiger partial charge in [0.05, 0.1) is 25.3 Å². The Morgan fingerprint density at radius 3 is 2.77 bits per heavy atom. The molecule has 2 aromatic carbocycles. The lowest BCUT2D eigenvalue weighted by Gasteiger charge is -2.17. The Morgan fingerprint density at radius 2 is 1.96 bits per heavy atom. The Morgan fingerprint density at radius 1 is 1.08 bits per heavy atom. The van der Waals surface area contributed by atoms with Gasteiger partial charge >= 0.3 is 0 Å². The van der Waals surface area contributed by atoms with Gasteiger partial charge in [0.1, 0.15) is 6.10 Å². The molecule has 3 aromatic rings. The molecule has 0 unspecified atom stereocenters. The summed E-state index contributed by atoms with van der Waals surface area (Å²) in [7, 11) is 3.07. The summed E-state index contributed by atoms with van der Waals surface area (Å²) in [5.74, 6) is 2.77. The molecule has 7 heteroatoms. The average molecular weight is 353 g/mol. The highest BCUT2D eigenvalue weighted by Crippen LogP contribution is 2.55. The van der Waals surface area contributed by atoms with Crippen molar-refractivity contribution in [2.75, 3.05) is 21.0 Å². The number of nitrogens with zero attached hydrogens (tertiary/aromatic N) is 1. The average Bonchev–Trinajstić information content (AvgIpc) is 3.09. The van der Waals surface area contributed by atoms with Crippen LogP contribution in [0.4, 0.5) is 0 Å². The highest BCUT2D eigenvalue weighted by Gasteiger charge is 2.34. The van der Waals surface area contributed by atoms with Crippen molar-refractivity contribution in [1.29, 1.82) is 0 Å². The molecule has 1 N–H and O–H groups in total. The number of rotatable bonds is 2. The third kappa shape index (κ3) is 1.89. The molecule has 0 bridgehead atoms. The fourth-order valence-electron chi connectivity index (χ4n) is 3.48. The van der Waals surface area contributed by atoms with Crippen LogP contribution in [0.2, 0.25) is 0 Å². The van der Waals surface area contributed by atoms with Gasteiger partial charge in [0.15, 0.2) is 23.0 Å². The lowest BCUT2D eigenvalue weighted by atomic mass is 10.00. The van der Waals surface area contributed by atoms with E-state index in [-0.39, 0.29) is 6.79 Å². The Balaban J connectivity index is 1.89. The van der Waals surface area contributed by atoms with Gasteiger partial charge in [0, 0.05) is 11.8 Å². The molecule has 0 spiro atoms. The van der Waals surface area contributed by atoms with Gasteiger partial charge in [0.25, 0.3) is 0 Å². The maximum absolute atomic E-state index is 11.0. The molecule has 0 saturated heterocycles. The van der Waals surface area contributed by atoms with Crippen LogP contribution in [0.25, 0.3) is 10.8 Å². The van der Waals surface area contributed by atoms with E-state index in [1.807, 2.05) is 12.1 Å². The second kappa shape index (κ2) is 5.40. The molecule has 132 valence electrons. The number of aliphatic hydroxyl groups excluding tert-OH is 1. The normalized spacial score (nSPS) is 16.7. The highest BCUT2D eigenvalue weighted by molar-refractivity contribution is 5.96. The van der Waals surface area contributed by atoms with Crippen LogP contribution in [-0.4, -0.2) is 31.1 Å². The summed E-state index contributed by atoms with van der Waals surface area (Å²) in [5.41, 5.74) is 1.02. The number of fused-ring (bicyclic) bond motifs is 3. The number of hydrogen-bond donors (Lipinski definition) is 1. The van der Waals surface area contributed by atoms with Gasteiger partial charge in [-0.25, -0.2) is 0 Å². The molecule has 2 aliphatic rings. The predicted molar refractivity (Wildman–Crippen MR) is 91.5 cm³/mol. The topological polar surface area (TPSA) is 79.3 Å². The van der Waals surface area contributed by atoms with E-state index in [1.54, 1.807) is 25.4 Å². The van der Waals surface area contributed by atoms with E-state index >= 15 is 0 Å². The first kappa shape index (κ1) is 15.1. The van der Waals surface area contributed by atoms with Crippen LogP contribution in [0.1, 0.15) is 17.4 Å². The van der Waals surface area contributed by atoms with Crippen LogP contribution in [-0.2, 0) is 0 Å². The largest absolute Gasteiger partial charge is 0.493 e. The van der Waals surface area contributed by atoms with Gasteiger partial charge in [-0.1, -0.05) is 0 Å². The molecule has 0 saturated carbocycles. The molecule has 0 radical (unpaired) electrons. The minimum atomic E-state index is -0.991. The van der Waals surface area contributed by atoms with Crippen LogP contribution in [0.5, 0.6) is 34.5 Å². The number of methoxy groups -OCH3 is 2. The van der Waals surface area contributed by atoms with Crippen molar-refractivity contribution in [1.82, 2.24) is 4.98 Å². The fraction of sp³-hybridized carbons (Fsp3) is 0.211. The summed E-state index contributed by atoms with van der Waals surface area (Å²) in [6.45, 7) is 0.107. The summed E-state index contributed by atoms with van der Waals surface area (Å²) >= 11 is 0. The lowest BCUT2D eigenvalue weighted by Crippen LogP contribution is -2.03. The maximum Gasteiger partial charge on any atom is 0.231 e. The summed E-state index contributed by atoms with van der Waals surface area (Å²) in [6.07, 6.45) is 0.661. The molecule has 0 amide bonds. The Kier molecular flexibility index (Phi) is 3.14. The van der Waals surface area contributed by atoms with Crippen LogP contribution in [0.15, 0.2) is 30.5 Å². The molecular formula is C19H15NO6. The zero-order valence-electron chi connectivity index (χ0n) is 14.1. The van der Waals surface area contributed by atoms with Gasteiger partial charge in [-0.15, -0.1) is 0 Å². The van der Waals surface area contributed by atoms with E-state index in [1.165, 1.54) is 7.11 Å². The van der Waals surface area contributed by atoms with Crippen molar-refractivity contribution in [2.24, 2.45) is 0 Å². The van der Waals surface area contributed by atoms with Crippen molar-refractivity contribution in [3.63, 3.8) is 0 Å². The summed E-state index contributed by atoms with van der Waals surface area (Å²) in [4.78, 5) is 4.40. The Bertz CT molecular complexity index is 1050. The minimum Gasteiger partial charge on any atom is -0.493 e. The molecule has 2 aliphatic heterocycles. The number of hydrogen-bond acceptors (Lipinski definition) is 7. The van der Waals surface area contributed by atoms with Crippen LogP contribution in [0.3, 0.4) is 0 Å². The molecule has 0 fully saturated rings. The van der Waals surface area contributed by atoms with E-state index < -0.39 is 6.10 Å². The first-order valence-electron chi connectivity index (χ1n) is 8.05. The molecule has 0 aliphatic carbocycles. The van der Waals surface area contributed by atoms with Gasteiger partial charge in [0.2, 0.25) is 18.3 Å². The van der Waals surface area contributed by atoms with Crippen LogP contribution < -0.4 is 23.7 Å². The second-order valence-corrected chi connectivity index (χ2v) is 5.96. The van der Waals surface area contributed by atoms with E-state index in [9.17, 15) is 5.11 Å². The minimum absolute atomic E-state index is 0.107. The molecule has 7 nitrogen and oxygen atoms in total. The smallest absolute Gasteiger partial charge is 0.231 e. The van der Waals surface area contributed by atoms with Crippen molar-refractivity contribution in [3.05, 3.63) is 41.7 Å². The standard InChI is InChI=1S/C19H15NO6/c1-22-11-4-3-10-15(21)14-13-9(5-6-20-14)7-12-18(25-8-24-12)19(13)26-16(10)17(11)23-2/h3-7,15,21H,8H2,1-2H3/t15-/m1/s1. The third-order valence-electron chi connectivity index (χ3n) is 4.66. The van der Waals surface area contributed by atoms with Gasteiger partial charge in [-0.3, -0.25) is 4.98 Å². The second-order valence-electron chi connectivity index (χ2n) is 5.96. The molecule has 3 heterocycles. The van der Waals surface area contributed by atoms with Crippen molar-refractivity contribution in [2.45, 2.75) is 6.10 Å². The first-order chi connectivity index (χ1) is 12.7. The number of ether oxygens (including phenoxy) is 5. The van der Waals surface area contributed by atoms with E-state index in [0.717, 1.165) is 5.39 Å². The number of benzene rings is 2. The number of pyridine rings is 1. The maximum atomic E-state index is 11.0. The zero-order valence-corrected chi connectivity index (χ0v) is 14.1. The molecule has 5 rings (SSSR count). The Hall–Kier alpha value is -3.19. The van der Waals surface area contributed by atoms with Crippen LogP contribution in [0, 0.1) is 0 Å². The molecule has 1 atom stereocenters. The summed E-state index contributed by atoms with van der Waals surface area (Å²) < 4.78 is 28.3. The van der Waals surface area contributed by atoms with E-state index in [0.29, 0.717) is 51.1 Å². The quantitative estimate of drug-likeness (QED) is 0.758. The lowest BCUT2D eigenvalue weighted by molar-refractivity contribution is 0.171. The Labute approximate surface area is 148 Å². The van der Waals surface area contributed by atoms with Gasteiger partial charge < -0.3 is 28.8 Å². The summed E-state index contributed by atoms with van der Waals surface area (Å²) in [5, 5.41) is 12.5. The molecular weight excluding hydrogens is 338 g/mol. The molecule has 26 heavy (non-hydrogen) atoms. The SMILES string of the molecule is COc1ccc2c(c1OC)Oc1c3c(cc4ccnc(c14)[C@@H]2O)OCO3. The predicted octanol–water partition coefficient (Wildman–Crippen LogP) is 3.17. The number of aromatic nitrogens is 1. The highest BCUT2D eigenvalue weighted by atomic mass is 16.7. The zero-order chi connectivity index (χ0) is 17.8. The number of aliphatic hydroxyl groups is 1. The first-order valence-corrected chi connectivity index (χ1v) is 8.05. The van der Waals surface area contributed by atoms with Gasteiger partial charge in [-0.2, -0.15) is 0 Å². The van der Waals surface area contributed by atoms with Crippen LogP contribution >= 0.6 is 0 Å². The summed E-state index contributed by atoms with van der Waals surface area (Å²) in [6, 6.07) is 7.17. The third-order valence-corrected chi connectivity index (χ3v) is 4.66. The fourth-order valence-corrected chi connectivity index (χ4v) is 3.48. The van der Waals surface area contributed by atoms with Crippen molar-refractivity contribution >= 4 is 10.8 Å².